The van der Waals surface area contributed by atoms with Gasteiger partial charge in [0.2, 0.25) is 5.91 Å². The Labute approximate surface area is 135 Å². The Bertz CT molecular complexity index is 516. The van der Waals surface area contributed by atoms with E-state index in [4.69, 9.17) is 0 Å². The molecule has 1 aromatic carbocycles. The molecular formula is C17H23F3N2O. The van der Waals surface area contributed by atoms with E-state index in [-0.39, 0.29) is 18.9 Å². The molecule has 1 heterocycles. The van der Waals surface area contributed by atoms with Gasteiger partial charge >= 0.3 is 6.18 Å². The van der Waals surface area contributed by atoms with Gasteiger partial charge in [-0.15, -0.1) is 0 Å². The van der Waals surface area contributed by atoms with Gasteiger partial charge in [0.05, 0.1) is 12.0 Å². The number of carbonyl (C=O) groups is 1. The van der Waals surface area contributed by atoms with Gasteiger partial charge in [-0.3, -0.25) is 9.69 Å². The molecule has 0 radical (unpaired) electrons. The predicted octanol–water partition coefficient (Wildman–Crippen LogP) is 2.96. The quantitative estimate of drug-likeness (QED) is 0.848. The van der Waals surface area contributed by atoms with E-state index in [2.05, 4.69) is 0 Å². The van der Waals surface area contributed by atoms with Crippen molar-refractivity contribution < 1.29 is 18.0 Å². The van der Waals surface area contributed by atoms with Gasteiger partial charge in [-0.2, -0.15) is 13.2 Å². The normalized spacial score (nSPS) is 20.6. The molecule has 2 rings (SSSR count). The Hall–Kier alpha value is -1.56. The van der Waals surface area contributed by atoms with Gasteiger partial charge in [0, 0.05) is 13.1 Å². The number of likely N-dealkylation sites (N-methyl/N-ethyl adjacent to an activating group) is 1. The second kappa shape index (κ2) is 7.34. The molecule has 1 amide bonds. The number of benzene rings is 1. The highest BCUT2D eigenvalue weighted by molar-refractivity contribution is 5.82. The number of rotatable bonds is 4. The van der Waals surface area contributed by atoms with Gasteiger partial charge in [-0.1, -0.05) is 30.3 Å². The number of hydrogen-bond donors (Lipinski definition) is 0. The maximum Gasteiger partial charge on any atom is 0.393 e. The molecule has 1 aliphatic rings. The standard InChI is InChI=1S/C17H23F3N2O/c1-21(2)15(11-13-7-4-3-5-8-13)16(23)22-10-6-9-14(12-22)17(18,19)20/h3-5,7-8,14-15H,6,9-12H2,1-2H3/t14-,15+/m0/s1. The zero-order valence-corrected chi connectivity index (χ0v) is 13.5. The first kappa shape index (κ1) is 17.8. The highest BCUT2D eigenvalue weighted by atomic mass is 19.4. The second-order valence-electron chi connectivity index (χ2n) is 6.33. The minimum absolute atomic E-state index is 0.110. The summed E-state index contributed by atoms with van der Waals surface area (Å²) in [4.78, 5) is 15.9. The molecule has 128 valence electrons. The van der Waals surface area contributed by atoms with Gasteiger partial charge in [0.1, 0.15) is 0 Å². The number of alkyl halides is 3. The van der Waals surface area contributed by atoms with Gasteiger partial charge in [0.15, 0.2) is 0 Å². The fourth-order valence-electron chi connectivity index (χ4n) is 2.98. The summed E-state index contributed by atoms with van der Waals surface area (Å²) in [5.41, 5.74) is 1.00. The summed E-state index contributed by atoms with van der Waals surface area (Å²) in [5.74, 6) is -1.62. The molecule has 2 atom stereocenters. The van der Waals surface area contributed by atoms with E-state index in [1.54, 1.807) is 19.0 Å². The molecule has 1 aliphatic heterocycles. The number of hydrogen-bond acceptors (Lipinski definition) is 2. The molecule has 1 fully saturated rings. The maximum absolute atomic E-state index is 12.9. The van der Waals surface area contributed by atoms with Crippen LogP contribution in [0, 0.1) is 5.92 Å². The van der Waals surface area contributed by atoms with Crippen LogP contribution in [0.5, 0.6) is 0 Å². The third-order valence-corrected chi connectivity index (χ3v) is 4.38. The van der Waals surface area contributed by atoms with E-state index in [1.165, 1.54) is 4.90 Å². The Morgan fingerprint density at radius 1 is 1.30 bits per heavy atom. The molecule has 0 saturated carbocycles. The fourth-order valence-corrected chi connectivity index (χ4v) is 2.98. The Morgan fingerprint density at radius 3 is 2.52 bits per heavy atom. The number of halogens is 3. The average molecular weight is 328 g/mol. The monoisotopic (exact) mass is 328 g/mol. The van der Waals surface area contributed by atoms with Crippen molar-refractivity contribution in [1.82, 2.24) is 9.80 Å². The summed E-state index contributed by atoms with van der Waals surface area (Å²) in [6.45, 7) is 0.187. The smallest absolute Gasteiger partial charge is 0.341 e. The lowest BCUT2D eigenvalue weighted by molar-refractivity contribution is -0.188. The Morgan fingerprint density at radius 2 is 1.96 bits per heavy atom. The molecule has 0 spiro atoms. The van der Waals surface area contributed by atoms with E-state index in [1.807, 2.05) is 30.3 Å². The van der Waals surface area contributed by atoms with Crippen molar-refractivity contribution in [2.45, 2.75) is 31.5 Å². The molecule has 0 bridgehead atoms. The van der Waals surface area contributed by atoms with Crippen molar-refractivity contribution in [3.63, 3.8) is 0 Å². The largest absolute Gasteiger partial charge is 0.393 e. The summed E-state index contributed by atoms with van der Waals surface area (Å²) in [6, 6.07) is 9.11. The molecule has 1 saturated heterocycles. The van der Waals surface area contributed by atoms with Gasteiger partial charge in [0.25, 0.3) is 0 Å². The fraction of sp³-hybridized carbons (Fsp3) is 0.588. The van der Waals surface area contributed by atoms with Crippen molar-refractivity contribution in [2.24, 2.45) is 5.92 Å². The van der Waals surface area contributed by atoms with Crippen LogP contribution >= 0.6 is 0 Å². The number of piperidine rings is 1. The lowest BCUT2D eigenvalue weighted by Gasteiger charge is -2.37. The lowest BCUT2D eigenvalue weighted by Crippen LogP contribution is -2.52. The van der Waals surface area contributed by atoms with Crippen LogP contribution in [0.3, 0.4) is 0 Å². The molecule has 0 aliphatic carbocycles. The van der Waals surface area contributed by atoms with E-state index in [9.17, 15) is 18.0 Å². The van der Waals surface area contributed by atoms with Gasteiger partial charge in [-0.05, 0) is 38.9 Å². The van der Waals surface area contributed by atoms with E-state index >= 15 is 0 Å². The van der Waals surface area contributed by atoms with Crippen molar-refractivity contribution in [1.29, 1.82) is 0 Å². The third kappa shape index (κ3) is 4.70. The average Bonchev–Trinajstić information content (AvgIpc) is 2.52. The number of carbonyl (C=O) groups excluding carboxylic acids is 1. The molecule has 23 heavy (non-hydrogen) atoms. The molecule has 6 heteroatoms. The molecule has 3 nitrogen and oxygen atoms in total. The van der Waals surface area contributed by atoms with Crippen LogP contribution in [0.2, 0.25) is 0 Å². The van der Waals surface area contributed by atoms with E-state index in [0.717, 1.165) is 5.56 Å². The highest BCUT2D eigenvalue weighted by Crippen LogP contribution is 2.33. The zero-order chi connectivity index (χ0) is 17.0. The highest BCUT2D eigenvalue weighted by Gasteiger charge is 2.43. The van der Waals surface area contributed by atoms with Crippen molar-refractivity contribution in [3.05, 3.63) is 35.9 Å². The topological polar surface area (TPSA) is 23.6 Å². The van der Waals surface area contributed by atoms with Crippen LogP contribution in [0.4, 0.5) is 13.2 Å². The minimum atomic E-state index is -4.23. The Kier molecular flexibility index (Phi) is 5.68. The SMILES string of the molecule is CN(C)[C@H](Cc1ccccc1)C(=O)N1CCC[C@H](C(F)(F)F)C1. The molecule has 0 N–H and O–H groups in total. The van der Waals surface area contributed by atoms with Crippen molar-refractivity contribution in [3.8, 4) is 0 Å². The van der Waals surface area contributed by atoms with Gasteiger partial charge < -0.3 is 4.90 Å². The van der Waals surface area contributed by atoms with E-state index < -0.39 is 18.1 Å². The van der Waals surface area contributed by atoms with Crippen LogP contribution < -0.4 is 0 Å². The van der Waals surface area contributed by atoms with Crippen LogP contribution in [0.25, 0.3) is 0 Å². The van der Waals surface area contributed by atoms with Crippen LogP contribution in [-0.4, -0.2) is 55.1 Å². The Balaban J connectivity index is 2.08. The van der Waals surface area contributed by atoms with Crippen molar-refractivity contribution >= 4 is 5.91 Å². The number of nitrogens with zero attached hydrogens (tertiary/aromatic N) is 2. The lowest BCUT2D eigenvalue weighted by atomic mass is 9.96. The number of amides is 1. The summed E-state index contributed by atoms with van der Waals surface area (Å²) in [6.07, 6.45) is -3.22. The first-order valence-corrected chi connectivity index (χ1v) is 7.85. The minimum Gasteiger partial charge on any atom is -0.341 e. The summed E-state index contributed by atoms with van der Waals surface area (Å²) >= 11 is 0. The maximum atomic E-state index is 12.9. The molecular weight excluding hydrogens is 305 g/mol. The first-order valence-electron chi connectivity index (χ1n) is 7.85. The van der Waals surface area contributed by atoms with Crippen LogP contribution in [0.15, 0.2) is 30.3 Å². The zero-order valence-electron chi connectivity index (χ0n) is 13.5. The van der Waals surface area contributed by atoms with Gasteiger partial charge in [-0.25, -0.2) is 0 Å². The predicted molar refractivity (Wildman–Crippen MR) is 83.0 cm³/mol. The summed E-state index contributed by atoms with van der Waals surface area (Å²) in [5, 5.41) is 0. The van der Waals surface area contributed by atoms with Crippen molar-refractivity contribution in [2.75, 3.05) is 27.2 Å². The molecule has 1 aromatic rings. The first-order chi connectivity index (χ1) is 10.8. The third-order valence-electron chi connectivity index (χ3n) is 4.38. The second-order valence-corrected chi connectivity index (χ2v) is 6.33. The molecule has 0 unspecified atom stereocenters. The molecule has 0 aromatic heterocycles. The number of likely N-dealkylation sites (tertiary alicyclic amines) is 1. The van der Waals surface area contributed by atoms with Crippen LogP contribution in [-0.2, 0) is 11.2 Å². The summed E-state index contributed by atoms with van der Waals surface area (Å²) < 4.78 is 38.8. The van der Waals surface area contributed by atoms with Crippen LogP contribution in [0.1, 0.15) is 18.4 Å². The van der Waals surface area contributed by atoms with E-state index in [0.29, 0.717) is 19.4 Å². The summed E-state index contributed by atoms with van der Waals surface area (Å²) in [7, 11) is 3.58.